The standard InChI is InChI=1S/C29H41.C25H16Cl2.C5H5.Zr/c1-26(2,3)22-14-18-13-19-15-23(27(4,5)6)25(29(10,11)12)17-21(19)20(18)16-24(22)28(7,8)9;26-24-13-9-22(10-14-24)20-5-1-18(2-6-20)17-19-3-7-21(8-4-19)23-11-15-25(27)16-12-23;1-2-4-5-3-1;/h13-17H,1-12H3;1-16H;1-3H,4H2;. The second kappa shape index (κ2) is 16.6. The molecule has 0 amide bonds. The molecule has 2 aliphatic rings. The van der Waals surface area contributed by atoms with E-state index in [1.165, 1.54) is 77.9 Å². The van der Waals surface area contributed by atoms with Gasteiger partial charge in [0, 0.05) is 0 Å². The van der Waals surface area contributed by atoms with Gasteiger partial charge < -0.3 is 0 Å². The van der Waals surface area contributed by atoms with Crippen molar-refractivity contribution in [3.63, 3.8) is 0 Å². The number of rotatable bonds is 6. The van der Waals surface area contributed by atoms with Crippen LogP contribution in [0, 0.1) is 0 Å². The van der Waals surface area contributed by atoms with Crippen molar-refractivity contribution >= 4 is 26.4 Å². The summed E-state index contributed by atoms with van der Waals surface area (Å²) in [5.74, 6) is 0. The van der Waals surface area contributed by atoms with E-state index in [0.29, 0.717) is 0 Å². The van der Waals surface area contributed by atoms with Gasteiger partial charge in [-0.3, -0.25) is 0 Å². The summed E-state index contributed by atoms with van der Waals surface area (Å²) in [5.41, 5.74) is 19.1. The molecule has 0 aliphatic heterocycles. The topological polar surface area (TPSA) is 0 Å². The number of hydrogen-bond acceptors (Lipinski definition) is 0. The molecule has 0 aromatic heterocycles. The molecule has 0 atom stereocenters. The number of halogens is 2. The van der Waals surface area contributed by atoms with Crippen LogP contribution in [0.1, 0.15) is 138 Å². The molecular formula is C59H62Cl2Zr. The zero-order chi connectivity index (χ0) is 44.5. The normalized spacial score (nSPS) is 14.2. The fourth-order valence-electron chi connectivity index (χ4n) is 9.70. The number of hydrogen-bond donors (Lipinski definition) is 0. The molecule has 0 fully saturated rings. The summed E-state index contributed by atoms with van der Waals surface area (Å²) in [4.78, 5) is 0. The van der Waals surface area contributed by atoms with Crippen molar-refractivity contribution in [3.8, 4) is 33.4 Å². The number of benzene rings is 6. The van der Waals surface area contributed by atoms with E-state index in [0.717, 1.165) is 16.5 Å². The van der Waals surface area contributed by atoms with E-state index in [1.807, 2.05) is 24.3 Å². The second-order valence-electron chi connectivity index (χ2n) is 21.7. The third kappa shape index (κ3) is 8.81. The van der Waals surface area contributed by atoms with Crippen LogP contribution in [0.3, 0.4) is 0 Å². The molecule has 6 aromatic carbocycles. The first-order valence-electron chi connectivity index (χ1n) is 22.3. The van der Waals surface area contributed by atoms with E-state index < -0.39 is 21.3 Å². The Bertz CT molecular complexity index is 2580. The fourth-order valence-corrected chi connectivity index (χ4v) is 18.9. The van der Waals surface area contributed by atoms with Crippen LogP contribution in [-0.4, -0.2) is 3.21 Å². The van der Waals surface area contributed by atoms with Gasteiger partial charge in [0.05, 0.1) is 0 Å². The second-order valence-corrected chi connectivity index (χ2v) is 28.8. The van der Waals surface area contributed by atoms with Crippen molar-refractivity contribution in [2.75, 3.05) is 0 Å². The van der Waals surface area contributed by atoms with E-state index in [1.54, 1.807) is 6.49 Å². The Morgan fingerprint density at radius 1 is 0.452 bits per heavy atom. The molecule has 0 saturated heterocycles. The first kappa shape index (κ1) is 44.7. The molecule has 316 valence electrons. The van der Waals surface area contributed by atoms with Crippen LogP contribution in [0.25, 0.3) is 33.4 Å². The molecule has 0 heterocycles. The maximum atomic E-state index is 6.34. The Labute approximate surface area is 390 Å². The minimum absolute atomic E-state index is 0.0114. The van der Waals surface area contributed by atoms with Crippen molar-refractivity contribution in [1.29, 1.82) is 0 Å². The van der Waals surface area contributed by atoms with Crippen LogP contribution in [0.4, 0.5) is 0 Å². The van der Waals surface area contributed by atoms with Crippen LogP contribution in [0.2, 0.25) is 10.0 Å². The summed E-state index contributed by atoms with van der Waals surface area (Å²) in [6.07, 6.45) is 8.22. The Balaban J connectivity index is 1.49. The Morgan fingerprint density at radius 3 is 1.08 bits per heavy atom. The summed E-state index contributed by atoms with van der Waals surface area (Å²) in [6.45, 7) is 28.8. The van der Waals surface area contributed by atoms with E-state index >= 15 is 0 Å². The zero-order valence-electron chi connectivity index (χ0n) is 38.8. The molecule has 8 rings (SSSR count). The van der Waals surface area contributed by atoms with Gasteiger partial charge in [-0.2, -0.15) is 0 Å². The molecule has 0 bridgehead atoms. The summed E-state index contributed by atoms with van der Waals surface area (Å²) < 4.78 is 3.47. The third-order valence-corrected chi connectivity index (χ3v) is 21.7. The molecule has 0 saturated carbocycles. The predicted octanol–water partition coefficient (Wildman–Crippen LogP) is 17.3. The molecular weight excluding hydrogens is 871 g/mol. The van der Waals surface area contributed by atoms with E-state index in [9.17, 15) is 0 Å². The van der Waals surface area contributed by atoms with Crippen molar-refractivity contribution in [1.82, 2.24) is 0 Å². The zero-order valence-corrected chi connectivity index (χ0v) is 42.8. The van der Waals surface area contributed by atoms with Crippen molar-refractivity contribution < 1.29 is 21.3 Å². The van der Waals surface area contributed by atoms with Gasteiger partial charge in [-0.05, 0) is 0 Å². The average molecular weight is 933 g/mol. The van der Waals surface area contributed by atoms with Gasteiger partial charge in [-0.15, -0.1) is 0 Å². The molecule has 2 aliphatic carbocycles. The molecule has 62 heavy (non-hydrogen) atoms. The van der Waals surface area contributed by atoms with Gasteiger partial charge >= 0.3 is 393 Å². The molecule has 0 unspecified atom stereocenters. The van der Waals surface area contributed by atoms with Crippen LogP contribution >= 0.6 is 23.2 Å². The number of allylic oxidation sites excluding steroid dienone is 4. The summed E-state index contributed by atoms with van der Waals surface area (Å²) in [5, 5.41) is 1.51. The minimum atomic E-state index is -3.08. The summed E-state index contributed by atoms with van der Waals surface area (Å²) >= 11 is 9.60. The van der Waals surface area contributed by atoms with Crippen molar-refractivity contribution in [3.05, 3.63) is 197 Å². The van der Waals surface area contributed by atoms with Gasteiger partial charge in [0.2, 0.25) is 0 Å². The van der Waals surface area contributed by atoms with Crippen molar-refractivity contribution in [2.45, 2.75) is 115 Å². The molecule has 0 N–H and O–H groups in total. The molecule has 6 aromatic rings. The van der Waals surface area contributed by atoms with Gasteiger partial charge in [0.25, 0.3) is 0 Å². The first-order chi connectivity index (χ1) is 29.1. The SMILES string of the molecule is CC(C)(C)c1cc2c(cc1C(C)(C)C)[CH]([Zr]([C]1=CC=CC1)=[C](c1ccc(-c3ccc(Cl)cc3)cc1)c1ccc(-c3ccc(Cl)cc3)cc1)c1cc(C(C)(C)C)c(C(C)(C)C)cc1-2. The maximum absolute atomic E-state index is 6.34. The number of fused-ring (bicyclic) bond motifs is 3. The molecule has 0 radical (unpaired) electrons. The Hall–Kier alpha value is -3.87. The third-order valence-electron chi connectivity index (χ3n) is 12.9. The van der Waals surface area contributed by atoms with E-state index in [2.05, 4.69) is 198 Å². The van der Waals surface area contributed by atoms with Crippen LogP contribution in [-0.2, 0) is 42.9 Å². The average Bonchev–Trinajstić information content (AvgIpc) is 3.85. The van der Waals surface area contributed by atoms with Crippen LogP contribution in [0.5, 0.6) is 0 Å². The van der Waals surface area contributed by atoms with E-state index in [4.69, 9.17) is 23.2 Å². The van der Waals surface area contributed by atoms with Gasteiger partial charge in [0.1, 0.15) is 0 Å². The predicted molar refractivity (Wildman–Crippen MR) is 267 cm³/mol. The van der Waals surface area contributed by atoms with Crippen LogP contribution < -0.4 is 0 Å². The van der Waals surface area contributed by atoms with Gasteiger partial charge in [-0.25, -0.2) is 0 Å². The van der Waals surface area contributed by atoms with Gasteiger partial charge in [0.15, 0.2) is 0 Å². The summed E-state index contributed by atoms with van der Waals surface area (Å²) in [7, 11) is 0. The first-order valence-corrected chi connectivity index (χ1v) is 26.9. The monoisotopic (exact) mass is 930 g/mol. The van der Waals surface area contributed by atoms with Crippen molar-refractivity contribution in [2.24, 2.45) is 0 Å². The Morgan fingerprint density at radius 2 is 0.774 bits per heavy atom. The molecule has 0 spiro atoms. The quantitative estimate of drug-likeness (QED) is 0.156. The van der Waals surface area contributed by atoms with E-state index in [-0.39, 0.29) is 25.3 Å². The molecule has 3 heteroatoms. The van der Waals surface area contributed by atoms with Gasteiger partial charge in [-0.1, -0.05) is 0 Å². The van der Waals surface area contributed by atoms with Crippen LogP contribution in [0.15, 0.2) is 143 Å². The Kier molecular flexibility index (Phi) is 12.0. The summed E-state index contributed by atoms with van der Waals surface area (Å²) in [6, 6.07) is 45.9. The molecule has 0 nitrogen and oxygen atoms in total. The fraction of sp³-hybridized carbons (Fsp3) is 0.305.